The fourth-order valence-corrected chi connectivity index (χ4v) is 12.3. The van der Waals surface area contributed by atoms with Crippen LogP contribution in [0.4, 0.5) is 0 Å². The maximum absolute atomic E-state index is 11.0. The van der Waals surface area contributed by atoms with Gasteiger partial charge >= 0.3 is 0 Å². The molecule has 284 valence electrons. The first-order chi connectivity index (χ1) is 23.8. The molecule has 4 saturated heterocycles. The quantitative estimate of drug-likeness (QED) is 0.230. The van der Waals surface area contributed by atoms with Gasteiger partial charge in [-0.25, -0.2) is 0 Å². The summed E-state index contributed by atoms with van der Waals surface area (Å²) in [6.07, 6.45) is -0.267. The Morgan fingerprint density at radius 3 is 2.36 bits per heavy atom. The van der Waals surface area contributed by atoms with E-state index in [-0.39, 0.29) is 35.4 Å². The Balaban J connectivity index is 0.889. The standard InChI is InChI=1S/C38H60O12/c1-18-7-12-38(46-16-18)19(2)28-25(50-38)14-24-22-6-5-20-13-21(8-10-36(20,3)23(22)9-11-37(24,28)4)47-34-32(43)30(41)27(17-45-34)49-35-33(44)31(42)29(40)26(15-39)48-35/h5,18-19,21-35,39-44H,6-17H2,1-4H3. The Morgan fingerprint density at radius 2 is 1.62 bits per heavy atom. The van der Waals surface area contributed by atoms with Gasteiger partial charge in [0.15, 0.2) is 18.4 Å². The van der Waals surface area contributed by atoms with Crippen molar-refractivity contribution in [1.29, 1.82) is 0 Å². The Morgan fingerprint density at radius 1 is 0.840 bits per heavy atom. The number of hydrogen-bond acceptors (Lipinski definition) is 12. The normalized spacial score (nSPS) is 57.8. The van der Waals surface area contributed by atoms with Gasteiger partial charge in [0, 0.05) is 12.3 Å². The predicted octanol–water partition coefficient (Wildman–Crippen LogP) is 2.00. The highest BCUT2D eigenvalue weighted by Gasteiger charge is 2.68. The molecule has 50 heavy (non-hydrogen) atoms. The molecule has 8 rings (SSSR count). The van der Waals surface area contributed by atoms with Gasteiger partial charge in [-0.2, -0.15) is 0 Å². The molecule has 8 aliphatic rings. The van der Waals surface area contributed by atoms with E-state index in [1.165, 1.54) is 24.8 Å². The first-order valence-corrected chi connectivity index (χ1v) is 19.4. The maximum Gasteiger partial charge on any atom is 0.187 e. The highest BCUT2D eigenvalue weighted by atomic mass is 16.7. The summed E-state index contributed by atoms with van der Waals surface area (Å²) in [5, 5.41) is 61.9. The van der Waals surface area contributed by atoms with Gasteiger partial charge < -0.3 is 59.1 Å². The van der Waals surface area contributed by atoms with Gasteiger partial charge in [0.1, 0.15) is 42.7 Å². The third-order valence-electron chi connectivity index (χ3n) is 15.2. The van der Waals surface area contributed by atoms with Crippen LogP contribution < -0.4 is 0 Å². The van der Waals surface area contributed by atoms with Crippen molar-refractivity contribution in [1.82, 2.24) is 0 Å². The first-order valence-electron chi connectivity index (χ1n) is 19.4. The lowest BCUT2D eigenvalue weighted by molar-refractivity contribution is -0.346. The van der Waals surface area contributed by atoms with Crippen molar-refractivity contribution in [3.05, 3.63) is 11.6 Å². The largest absolute Gasteiger partial charge is 0.394 e. The summed E-state index contributed by atoms with van der Waals surface area (Å²) in [5.41, 5.74) is 1.82. The average Bonchev–Trinajstić information content (AvgIpc) is 3.55. The third kappa shape index (κ3) is 5.61. The van der Waals surface area contributed by atoms with Gasteiger partial charge in [-0.3, -0.25) is 0 Å². The molecule has 0 aromatic heterocycles. The van der Waals surface area contributed by atoms with E-state index < -0.39 is 61.9 Å². The Labute approximate surface area is 295 Å². The van der Waals surface area contributed by atoms with Crippen molar-refractivity contribution >= 4 is 0 Å². The Kier molecular flexibility index (Phi) is 9.59. The van der Waals surface area contributed by atoms with E-state index in [9.17, 15) is 30.6 Å². The number of ether oxygens (including phenoxy) is 6. The maximum atomic E-state index is 11.0. The molecule has 0 aromatic carbocycles. The highest BCUT2D eigenvalue weighted by molar-refractivity contribution is 5.26. The van der Waals surface area contributed by atoms with Crippen LogP contribution in [0.25, 0.3) is 0 Å². The summed E-state index contributed by atoms with van der Waals surface area (Å²) in [5.74, 6) is 3.08. The van der Waals surface area contributed by atoms with E-state index in [0.717, 1.165) is 45.1 Å². The minimum absolute atomic E-state index is 0.105. The summed E-state index contributed by atoms with van der Waals surface area (Å²) < 4.78 is 36.7. The molecule has 4 aliphatic heterocycles. The molecular formula is C38H60O12. The molecule has 0 radical (unpaired) electrons. The molecule has 20 atom stereocenters. The minimum atomic E-state index is -1.62. The van der Waals surface area contributed by atoms with Crippen LogP contribution in [0.2, 0.25) is 0 Å². The van der Waals surface area contributed by atoms with Crippen LogP contribution in [0, 0.1) is 46.3 Å². The van der Waals surface area contributed by atoms with Crippen molar-refractivity contribution in [3.8, 4) is 0 Å². The Hall–Kier alpha value is -0.740. The van der Waals surface area contributed by atoms with Crippen LogP contribution in [0.1, 0.15) is 85.5 Å². The molecule has 12 nitrogen and oxygen atoms in total. The van der Waals surface area contributed by atoms with E-state index in [0.29, 0.717) is 35.5 Å². The topological polar surface area (TPSA) is 177 Å². The monoisotopic (exact) mass is 708 g/mol. The van der Waals surface area contributed by atoms with E-state index in [4.69, 9.17) is 28.4 Å². The van der Waals surface area contributed by atoms with E-state index in [1.54, 1.807) is 0 Å². The van der Waals surface area contributed by atoms with Crippen molar-refractivity contribution in [2.75, 3.05) is 19.8 Å². The summed E-state index contributed by atoms with van der Waals surface area (Å²) in [7, 11) is 0. The lowest BCUT2D eigenvalue weighted by atomic mass is 9.47. The molecule has 3 saturated carbocycles. The van der Waals surface area contributed by atoms with Gasteiger partial charge in [-0.05, 0) is 91.8 Å². The number of aliphatic hydroxyl groups is 6. The van der Waals surface area contributed by atoms with Gasteiger partial charge in [0.25, 0.3) is 0 Å². The SMILES string of the molecule is CC1CCC2(OC1)OC1CC3C4CC=C5CC(OC6OCC(OC7OC(CO)C(O)C(O)C7O)C(O)C6O)CCC5(C)C4CCC3(C)C1C2C. The second-order valence-corrected chi connectivity index (χ2v) is 17.8. The number of fused-ring (bicyclic) bond motifs is 7. The van der Waals surface area contributed by atoms with Crippen LogP contribution in [0.3, 0.4) is 0 Å². The lowest BCUT2D eigenvalue weighted by Gasteiger charge is -2.58. The third-order valence-corrected chi connectivity index (χ3v) is 15.2. The summed E-state index contributed by atoms with van der Waals surface area (Å²) in [6.45, 7) is 9.77. The van der Waals surface area contributed by atoms with Gasteiger partial charge in [0.05, 0.1) is 32.0 Å². The van der Waals surface area contributed by atoms with Crippen LogP contribution in [0.5, 0.6) is 0 Å². The van der Waals surface area contributed by atoms with Crippen LogP contribution in [0.15, 0.2) is 11.6 Å². The van der Waals surface area contributed by atoms with E-state index in [1.807, 2.05) is 0 Å². The van der Waals surface area contributed by atoms with Crippen LogP contribution >= 0.6 is 0 Å². The smallest absolute Gasteiger partial charge is 0.187 e. The van der Waals surface area contributed by atoms with E-state index >= 15 is 0 Å². The van der Waals surface area contributed by atoms with Crippen LogP contribution in [-0.4, -0.2) is 124 Å². The molecule has 1 spiro atoms. The number of hydrogen-bond donors (Lipinski definition) is 6. The van der Waals surface area contributed by atoms with Gasteiger partial charge in [0.2, 0.25) is 0 Å². The molecule has 7 fully saturated rings. The molecule has 4 aliphatic carbocycles. The summed E-state index contributed by atoms with van der Waals surface area (Å²) in [4.78, 5) is 0. The van der Waals surface area contributed by atoms with Crippen molar-refractivity contribution < 1.29 is 59.1 Å². The molecule has 12 heteroatoms. The number of aliphatic hydroxyl groups excluding tert-OH is 6. The second kappa shape index (κ2) is 13.2. The number of rotatable bonds is 5. The Bertz CT molecular complexity index is 1270. The molecule has 6 N–H and O–H groups in total. The first kappa shape index (κ1) is 36.2. The number of allylic oxidation sites excluding steroid dienone is 1. The zero-order valence-electron chi connectivity index (χ0n) is 30.0. The summed E-state index contributed by atoms with van der Waals surface area (Å²) >= 11 is 0. The molecule has 0 bridgehead atoms. The fraction of sp³-hybridized carbons (Fsp3) is 0.947. The van der Waals surface area contributed by atoms with E-state index in [2.05, 4.69) is 33.8 Å². The molecule has 4 heterocycles. The lowest BCUT2D eigenvalue weighted by Crippen LogP contribution is -2.62. The highest BCUT2D eigenvalue weighted by Crippen LogP contribution is 2.70. The van der Waals surface area contributed by atoms with Crippen molar-refractivity contribution in [2.24, 2.45) is 46.3 Å². The zero-order chi connectivity index (χ0) is 35.3. The van der Waals surface area contributed by atoms with Crippen molar-refractivity contribution in [2.45, 2.75) is 159 Å². The summed E-state index contributed by atoms with van der Waals surface area (Å²) in [6, 6.07) is 0. The van der Waals surface area contributed by atoms with Gasteiger partial charge in [-0.15, -0.1) is 0 Å². The molecule has 0 aromatic rings. The van der Waals surface area contributed by atoms with Crippen molar-refractivity contribution in [3.63, 3.8) is 0 Å². The van der Waals surface area contributed by atoms with Gasteiger partial charge in [-0.1, -0.05) is 39.3 Å². The predicted molar refractivity (Wildman–Crippen MR) is 177 cm³/mol. The minimum Gasteiger partial charge on any atom is -0.394 e. The molecular weight excluding hydrogens is 648 g/mol. The second-order valence-electron chi connectivity index (χ2n) is 17.8. The molecule has 20 unspecified atom stereocenters. The molecule has 0 amide bonds. The average molecular weight is 709 g/mol. The fourth-order valence-electron chi connectivity index (χ4n) is 12.3. The zero-order valence-corrected chi connectivity index (χ0v) is 30.0. The van der Waals surface area contributed by atoms with Crippen LogP contribution in [-0.2, 0) is 28.4 Å².